The summed E-state index contributed by atoms with van der Waals surface area (Å²) in [5.41, 5.74) is 6.84. The van der Waals surface area contributed by atoms with Gasteiger partial charge in [-0.1, -0.05) is 62.6 Å². The lowest BCUT2D eigenvalue weighted by Crippen LogP contribution is -2.44. The minimum atomic E-state index is -0.316. The third-order valence-corrected chi connectivity index (χ3v) is 5.89. The van der Waals surface area contributed by atoms with Gasteiger partial charge < -0.3 is 15.0 Å². The number of carbonyl (C=O) groups excluding carboxylic acids is 1. The van der Waals surface area contributed by atoms with E-state index in [0.29, 0.717) is 18.2 Å². The molecule has 1 amide bonds. The average Bonchev–Trinajstić information content (AvgIpc) is 3.69. The Morgan fingerprint density at radius 1 is 1.24 bits per heavy atom. The van der Waals surface area contributed by atoms with E-state index in [1.54, 1.807) is 0 Å². The number of carbonyl (C=O) groups is 1. The summed E-state index contributed by atoms with van der Waals surface area (Å²) in [5.74, 6) is 0.811. The van der Waals surface area contributed by atoms with Crippen LogP contribution in [0.4, 0.5) is 0 Å². The summed E-state index contributed by atoms with van der Waals surface area (Å²) < 4.78 is 5.82. The zero-order chi connectivity index (χ0) is 24.0. The molecule has 1 aromatic carbocycles. The molecule has 5 heteroatoms. The number of hydrogen-bond donors (Lipinski definition) is 1. The van der Waals surface area contributed by atoms with E-state index in [1.807, 2.05) is 49.1 Å². The van der Waals surface area contributed by atoms with Crippen LogP contribution in [-0.2, 0) is 9.53 Å². The first-order valence-corrected chi connectivity index (χ1v) is 11.9. The van der Waals surface area contributed by atoms with Crippen molar-refractivity contribution in [1.29, 1.82) is 0 Å². The first-order chi connectivity index (χ1) is 16.0. The summed E-state index contributed by atoms with van der Waals surface area (Å²) in [7, 11) is 0. The van der Waals surface area contributed by atoms with Crippen LogP contribution < -0.4 is 5.32 Å². The van der Waals surface area contributed by atoms with E-state index < -0.39 is 0 Å². The molecule has 4 rings (SSSR count). The van der Waals surface area contributed by atoms with Gasteiger partial charge in [0.1, 0.15) is 11.8 Å². The van der Waals surface area contributed by atoms with Crippen LogP contribution in [0.3, 0.4) is 0 Å². The number of aromatic nitrogens is 1. The first kappa shape index (κ1) is 24.3. The lowest BCUT2D eigenvalue weighted by Gasteiger charge is -2.38. The van der Waals surface area contributed by atoms with Gasteiger partial charge in [0.2, 0.25) is 0 Å². The highest BCUT2D eigenvalue weighted by Gasteiger charge is 2.36. The number of pyridine rings is 1. The molecule has 0 bridgehead atoms. The SMILES string of the molecule is C=C=C(OC(=C)C(=O)N1CCC(C)=C(NCC)[C@H]1c1ccc2ccccc2n1)C1CC1.CC. The van der Waals surface area contributed by atoms with Gasteiger partial charge in [0.05, 0.1) is 11.2 Å². The molecule has 5 nitrogen and oxygen atoms in total. The molecular formula is C28H35N3O2. The summed E-state index contributed by atoms with van der Waals surface area (Å²) in [5, 5.41) is 4.56. The highest BCUT2D eigenvalue weighted by Crippen LogP contribution is 2.39. The van der Waals surface area contributed by atoms with E-state index in [0.717, 1.165) is 48.1 Å². The molecule has 0 unspecified atom stereocenters. The molecule has 174 valence electrons. The van der Waals surface area contributed by atoms with Gasteiger partial charge in [-0.15, -0.1) is 0 Å². The minimum Gasteiger partial charge on any atom is -0.448 e. The molecule has 1 saturated carbocycles. The van der Waals surface area contributed by atoms with Gasteiger partial charge in [0, 0.05) is 30.1 Å². The number of fused-ring (bicyclic) bond motifs is 1. The third-order valence-electron chi connectivity index (χ3n) is 5.89. The molecule has 1 aromatic heterocycles. The maximum absolute atomic E-state index is 13.5. The van der Waals surface area contributed by atoms with Crippen molar-refractivity contribution < 1.29 is 9.53 Å². The van der Waals surface area contributed by atoms with Crippen molar-refractivity contribution in [2.45, 2.75) is 53.0 Å². The minimum absolute atomic E-state index is 0.110. The number of allylic oxidation sites excluding steroid dienone is 1. The topological polar surface area (TPSA) is 54.5 Å². The predicted octanol–water partition coefficient (Wildman–Crippen LogP) is 6.03. The molecule has 1 fully saturated rings. The quantitative estimate of drug-likeness (QED) is 0.321. The van der Waals surface area contributed by atoms with E-state index in [4.69, 9.17) is 9.72 Å². The second-order valence-electron chi connectivity index (χ2n) is 8.14. The van der Waals surface area contributed by atoms with Gasteiger partial charge in [0.15, 0.2) is 5.76 Å². The monoisotopic (exact) mass is 445 g/mol. The van der Waals surface area contributed by atoms with Gasteiger partial charge in [-0.2, -0.15) is 0 Å². The third kappa shape index (κ3) is 5.37. The lowest BCUT2D eigenvalue weighted by atomic mass is 9.95. The van der Waals surface area contributed by atoms with E-state index in [9.17, 15) is 4.79 Å². The number of nitrogens with one attached hydrogen (secondary N) is 1. The molecular weight excluding hydrogens is 410 g/mol. The van der Waals surface area contributed by atoms with Crippen molar-refractivity contribution in [2.24, 2.45) is 5.92 Å². The Balaban J connectivity index is 0.00000149. The Kier molecular flexibility index (Phi) is 8.13. The van der Waals surface area contributed by atoms with Crippen LogP contribution in [0, 0.1) is 5.92 Å². The van der Waals surface area contributed by atoms with Crippen molar-refractivity contribution in [2.75, 3.05) is 13.1 Å². The molecule has 0 radical (unpaired) electrons. The Bertz CT molecular complexity index is 1110. The summed E-state index contributed by atoms with van der Waals surface area (Å²) in [6.45, 7) is 17.2. The van der Waals surface area contributed by atoms with Gasteiger partial charge in [-0.3, -0.25) is 9.78 Å². The van der Waals surface area contributed by atoms with E-state index in [1.165, 1.54) is 5.57 Å². The number of rotatable bonds is 7. The number of nitrogens with zero attached hydrogens (tertiary/aromatic N) is 2. The summed E-state index contributed by atoms with van der Waals surface area (Å²) in [6, 6.07) is 11.8. The van der Waals surface area contributed by atoms with Gasteiger partial charge >= 0.3 is 0 Å². The van der Waals surface area contributed by atoms with Crippen molar-refractivity contribution in [3.05, 3.63) is 83.8 Å². The van der Waals surface area contributed by atoms with E-state index in [-0.39, 0.29) is 17.7 Å². The van der Waals surface area contributed by atoms with Crippen LogP contribution >= 0.6 is 0 Å². The molecule has 2 heterocycles. The molecule has 1 aliphatic heterocycles. The second kappa shape index (κ2) is 11.0. The fourth-order valence-electron chi connectivity index (χ4n) is 4.09. The Morgan fingerprint density at radius 2 is 1.97 bits per heavy atom. The smallest absolute Gasteiger partial charge is 0.289 e. The maximum atomic E-state index is 13.5. The van der Waals surface area contributed by atoms with Gasteiger partial charge in [-0.25, -0.2) is 0 Å². The van der Waals surface area contributed by atoms with Crippen molar-refractivity contribution >= 4 is 16.8 Å². The number of ether oxygens (including phenoxy) is 1. The van der Waals surface area contributed by atoms with Gasteiger partial charge in [0.25, 0.3) is 5.91 Å². The van der Waals surface area contributed by atoms with Crippen molar-refractivity contribution in [3.8, 4) is 0 Å². The normalized spacial score (nSPS) is 17.6. The van der Waals surface area contributed by atoms with Crippen LogP contribution in [0.5, 0.6) is 0 Å². The van der Waals surface area contributed by atoms with Crippen LogP contribution in [-0.4, -0.2) is 28.9 Å². The molecule has 1 N–H and O–H groups in total. The van der Waals surface area contributed by atoms with Crippen molar-refractivity contribution in [1.82, 2.24) is 15.2 Å². The molecule has 0 saturated heterocycles. The lowest BCUT2D eigenvalue weighted by molar-refractivity contribution is -0.132. The van der Waals surface area contributed by atoms with Crippen LogP contribution in [0.2, 0.25) is 0 Å². The molecule has 0 spiro atoms. The van der Waals surface area contributed by atoms with Crippen LogP contribution in [0.25, 0.3) is 10.9 Å². The highest BCUT2D eigenvalue weighted by atomic mass is 16.5. The molecule has 2 aliphatic rings. The highest BCUT2D eigenvalue weighted by molar-refractivity contribution is 5.92. The first-order valence-electron chi connectivity index (χ1n) is 11.9. The molecule has 1 aliphatic carbocycles. The Hall–Kier alpha value is -3.30. The van der Waals surface area contributed by atoms with Crippen LogP contribution in [0.1, 0.15) is 58.7 Å². The number of likely N-dealkylation sites (N-methyl/N-ethyl adjacent to an activating group) is 1. The summed E-state index contributed by atoms with van der Waals surface area (Å²) >= 11 is 0. The number of benzene rings is 1. The molecule has 1 atom stereocenters. The van der Waals surface area contributed by atoms with E-state index in [2.05, 4.69) is 44.1 Å². The second-order valence-corrected chi connectivity index (χ2v) is 8.14. The Labute approximate surface area is 197 Å². The van der Waals surface area contributed by atoms with Gasteiger partial charge in [-0.05, 0) is 45.2 Å². The fourth-order valence-corrected chi connectivity index (χ4v) is 4.09. The standard InChI is InChI=1S/C26H29N3O2.C2H6/c1-5-23(20-11-12-20)31-18(4)26(30)29-16-15-17(3)24(27-6-2)25(29)22-14-13-19-9-7-8-10-21(19)28-22;1-2/h7-10,13-14,20,25,27H,1,4,6,11-12,15-16H2,2-3H3;1-2H3/t25-;/m1./s1. The molecule has 33 heavy (non-hydrogen) atoms. The molecule has 2 aromatic rings. The number of para-hydroxylation sites is 1. The zero-order valence-electron chi connectivity index (χ0n) is 20.3. The largest absolute Gasteiger partial charge is 0.448 e. The zero-order valence-corrected chi connectivity index (χ0v) is 20.3. The summed E-state index contributed by atoms with van der Waals surface area (Å²) in [6.07, 6.45) is 2.87. The Morgan fingerprint density at radius 3 is 2.64 bits per heavy atom. The average molecular weight is 446 g/mol. The fraction of sp³-hybridized carbons (Fsp3) is 0.393. The van der Waals surface area contributed by atoms with Crippen LogP contribution in [0.15, 0.2) is 78.1 Å². The van der Waals surface area contributed by atoms with Crippen molar-refractivity contribution in [3.63, 3.8) is 0 Å². The number of amides is 1. The predicted molar refractivity (Wildman–Crippen MR) is 134 cm³/mol. The maximum Gasteiger partial charge on any atom is 0.289 e. The number of hydrogen-bond acceptors (Lipinski definition) is 4. The summed E-state index contributed by atoms with van der Waals surface area (Å²) in [4.78, 5) is 20.2. The van der Waals surface area contributed by atoms with E-state index >= 15 is 0 Å².